The fraction of sp³-hybridized carbons (Fsp3) is 0.915. The van der Waals surface area contributed by atoms with Crippen molar-refractivity contribution in [3.05, 3.63) is 11.6 Å². The van der Waals surface area contributed by atoms with E-state index in [1.807, 2.05) is 0 Å². The largest absolute Gasteiger partial charge is 0.479 e. The Balaban J connectivity index is 1.05. The number of hydrogen-bond donors (Lipinski definition) is 10. The molecule has 8 aliphatic rings. The number of hydrogen-bond acceptors (Lipinski definition) is 17. The fourth-order valence-electron chi connectivity index (χ4n) is 14.7. The molecule has 0 spiro atoms. The zero-order valence-corrected chi connectivity index (χ0v) is 38.7. The maximum absolute atomic E-state index is 14.7. The number of aliphatic carboxylic acids is 1. The lowest BCUT2D eigenvalue weighted by atomic mass is 9.33. The average Bonchev–Trinajstić information content (AvgIpc) is 3.24. The van der Waals surface area contributed by atoms with Crippen LogP contribution in [0.25, 0.3) is 0 Å². The molecule has 3 heterocycles. The molecule has 18 heteroatoms. The molecule has 3 aliphatic heterocycles. The Morgan fingerprint density at radius 3 is 2.06 bits per heavy atom. The van der Waals surface area contributed by atoms with Gasteiger partial charge in [-0.15, -0.1) is 0 Å². The monoisotopic (exact) mass is 926 g/mol. The summed E-state index contributed by atoms with van der Waals surface area (Å²) in [5.74, 6) is -1.83. The molecule has 0 aromatic rings. The van der Waals surface area contributed by atoms with Crippen LogP contribution < -0.4 is 0 Å². The van der Waals surface area contributed by atoms with Crippen molar-refractivity contribution in [3.8, 4) is 0 Å². The summed E-state index contributed by atoms with van der Waals surface area (Å²) >= 11 is 0. The van der Waals surface area contributed by atoms with E-state index in [0.29, 0.717) is 19.3 Å². The molecule has 4 saturated carbocycles. The van der Waals surface area contributed by atoms with E-state index in [4.69, 9.17) is 28.4 Å². The standard InChI is InChI=1S/C47H74O18/c1-42(2)14-16-47(41(59)65-39-34(56)30(52)29(51)24(19-48)61-39)17-15-45(6)21(22(47)18-42)8-9-26-44(5)12-11-27(43(3,4)25(44)10-13-46(26,45)7)62-40-36(32(54)31(53)35(63-40)37(57)58)64-38-33(55)28(50)23(49)20-60-38/h8,22-36,38-40,48-56H,9-20H2,1-7H3,(H,57,58)/t22-,23+,24+,25+,26-,27+,28+,29+,30-,31-,32-,33+,34+,35-,36-,38+,39-,40+,44-,45+,46+,47-/m1/s1. The topological polar surface area (TPSA) is 292 Å². The Hall–Kier alpha value is -1.88. The van der Waals surface area contributed by atoms with Crippen LogP contribution >= 0.6 is 0 Å². The Bertz CT molecular complexity index is 1820. The average molecular weight is 927 g/mol. The predicted octanol–water partition coefficient (Wildman–Crippen LogP) is 0.872. The number of ether oxygens (including phenoxy) is 6. The summed E-state index contributed by atoms with van der Waals surface area (Å²) in [4.78, 5) is 26.9. The van der Waals surface area contributed by atoms with E-state index in [0.717, 1.165) is 44.9 Å². The third kappa shape index (κ3) is 7.76. The summed E-state index contributed by atoms with van der Waals surface area (Å²) in [5, 5.41) is 105. The van der Waals surface area contributed by atoms with Crippen molar-refractivity contribution in [2.75, 3.05) is 13.2 Å². The number of aliphatic hydroxyl groups is 9. The second-order valence-electron chi connectivity index (χ2n) is 23.1. The second-order valence-corrected chi connectivity index (χ2v) is 23.1. The first-order valence-corrected chi connectivity index (χ1v) is 23.7. The molecular formula is C47H74O18. The van der Waals surface area contributed by atoms with Crippen LogP contribution in [0.3, 0.4) is 0 Å². The van der Waals surface area contributed by atoms with Gasteiger partial charge in [-0.3, -0.25) is 4.79 Å². The quantitative estimate of drug-likeness (QED) is 0.0918. The van der Waals surface area contributed by atoms with E-state index in [-0.39, 0.29) is 46.0 Å². The summed E-state index contributed by atoms with van der Waals surface area (Å²) in [6.45, 7) is 14.9. The highest BCUT2D eigenvalue weighted by Gasteiger charge is 2.70. The van der Waals surface area contributed by atoms with E-state index in [2.05, 4.69) is 54.5 Å². The van der Waals surface area contributed by atoms with Crippen LogP contribution in [0.2, 0.25) is 0 Å². The predicted molar refractivity (Wildman–Crippen MR) is 225 cm³/mol. The molecule has 370 valence electrons. The first-order valence-electron chi connectivity index (χ1n) is 23.7. The Morgan fingerprint density at radius 2 is 1.38 bits per heavy atom. The van der Waals surface area contributed by atoms with Gasteiger partial charge in [0.1, 0.15) is 61.0 Å². The lowest BCUT2D eigenvalue weighted by molar-refractivity contribution is -0.366. The molecule has 0 aromatic carbocycles. The normalized spacial score (nSPS) is 52.7. The molecule has 0 radical (unpaired) electrons. The number of rotatable bonds is 8. The van der Waals surface area contributed by atoms with Crippen molar-refractivity contribution in [2.24, 2.45) is 50.2 Å². The SMILES string of the molecule is CC1(C)CC[C@@]2(C(=O)O[C@H]3O[C@@H](CO)[C@H](O)[C@@H](O)[C@@H]3O)CC[C@@]3(C)C(=CC[C@@H]4[C@]5(C)CC[C@H](O[C@H]6O[C@@H](C(=O)O)[C@H](O)[C@@H](O)[C@H]6O[C@@H]6OC[C@H](O)[C@H](O)[C@@H]6O)C(C)(C)[C@@H]5CC[C@@]43C)[C@H]2C1. The van der Waals surface area contributed by atoms with Crippen LogP contribution in [0.15, 0.2) is 11.6 Å². The minimum absolute atomic E-state index is 0.0713. The van der Waals surface area contributed by atoms with Gasteiger partial charge in [0, 0.05) is 0 Å². The maximum atomic E-state index is 14.7. The van der Waals surface area contributed by atoms with Crippen LogP contribution in [-0.2, 0) is 38.0 Å². The van der Waals surface area contributed by atoms with Gasteiger partial charge in [0.2, 0.25) is 6.29 Å². The summed E-state index contributed by atoms with van der Waals surface area (Å²) in [5.41, 5.74) is -0.900. The number of aliphatic hydroxyl groups excluding tert-OH is 9. The van der Waals surface area contributed by atoms with Gasteiger partial charge in [-0.05, 0) is 109 Å². The van der Waals surface area contributed by atoms with Crippen LogP contribution in [-0.4, -0.2) is 168 Å². The van der Waals surface area contributed by atoms with Gasteiger partial charge in [-0.1, -0.05) is 60.1 Å². The van der Waals surface area contributed by atoms with Gasteiger partial charge in [-0.25, -0.2) is 4.79 Å². The van der Waals surface area contributed by atoms with E-state index >= 15 is 0 Å². The van der Waals surface area contributed by atoms with Crippen molar-refractivity contribution < 1.29 is 89.1 Å². The van der Waals surface area contributed by atoms with Crippen LogP contribution in [0.4, 0.5) is 0 Å². The van der Waals surface area contributed by atoms with Crippen molar-refractivity contribution in [3.63, 3.8) is 0 Å². The van der Waals surface area contributed by atoms with Gasteiger partial charge in [0.05, 0.1) is 24.7 Å². The second kappa shape index (κ2) is 17.2. The highest BCUT2D eigenvalue weighted by atomic mass is 16.8. The molecule has 65 heavy (non-hydrogen) atoms. The maximum Gasteiger partial charge on any atom is 0.335 e. The van der Waals surface area contributed by atoms with E-state index in [1.165, 1.54) is 5.57 Å². The number of allylic oxidation sites excluding steroid dienone is 2. The number of carboxylic acids is 1. The van der Waals surface area contributed by atoms with Crippen LogP contribution in [0.5, 0.6) is 0 Å². The van der Waals surface area contributed by atoms with E-state index in [1.54, 1.807) is 0 Å². The van der Waals surface area contributed by atoms with Gasteiger partial charge in [0.15, 0.2) is 18.7 Å². The van der Waals surface area contributed by atoms with Crippen LogP contribution in [0.1, 0.15) is 113 Å². The summed E-state index contributed by atoms with van der Waals surface area (Å²) in [6, 6.07) is 0. The number of carboxylic acid groups (broad SMARTS) is 1. The molecule has 0 bridgehead atoms. The highest BCUT2D eigenvalue weighted by molar-refractivity contribution is 5.79. The molecule has 3 saturated heterocycles. The summed E-state index contributed by atoms with van der Waals surface area (Å²) < 4.78 is 35.5. The molecule has 5 aliphatic carbocycles. The van der Waals surface area contributed by atoms with Crippen molar-refractivity contribution in [1.29, 1.82) is 0 Å². The molecule has 0 aromatic heterocycles. The Kier molecular flexibility index (Phi) is 13.1. The van der Waals surface area contributed by atoms with Crippen molar-refractivity contribution in [1.82, 2.24) is 0 Å². The van der Waals surface area contributed by atoms with Gasteiger partial charge in [0.25, 0.3) is 0 Å². The van der Waals surface area contributed by atoms with E-state index < -0.39 is 121 Å². The number of carbonyl (C=O) groups is 2. The summed E-state index contributed by atoms with van der Waals surface area (Å²) in [6.07, 6.45) is -13.7. The first kappa shape index (κ1) is 49.5. The van der Waals surface area contributed by atoms with Crippen LogP contribution in [0, 0.1) is 50.2 Å². The zero-order chi connectivity index (χ0) is 47.6. The minimum Gasteiger partial charge on any atom is -0.479 e. The number of esters is 1. The fourth-order valence-corrected chi connectivity index (χ4v) is 14.7. The van der Waals surface area contributed by atoms with E-state index in [9.17, 15) is 60.7 Å². The molecule has 22 atom stereocenters. The zero-order valence-electron chi connectivity index (χ0n) is 38.7. The van der Waals surface area contributed by atoms with Gasteiger partial charge >= 0.3 is 11.9 Å². The first-order chi connectivity index (χ1) is 30.3. The Labute approximate surface area is 380 Å². The molecular weight excluding hydrogens is 852 g/mol. The third-order valence-corrected chi connectivity index (χ3v) is 18.9. The lowest BCUT2D eigenvalue weighted by Crippen LogP contribution is -2.67. The lowest BCUT2D eigenvalue weighted by Gasteiger charge is -2.71. The molecule has 7 fully saturated rings. The van der Waals surface area contributed by atoms with Crippen molar-refractivity contribution >= 4 is 11.9 Å². The smallest absolute Gasteiger partial charge is 0.335 e. The molecule has 0 unspecified atom stereocenters. The number of fused-ring (bicyclic) bond motifs is 7. The third-order valence-electron chi connectivity index (χ3n) is 18.9. The molecule has 0 amide bonds. The van der Waals surface area contributed by atoms with Gasteiger partial charge in [-0.2, -0.15) is 0 Å². The molecule has 18 nitrogen and oxygen atoms in total. The highest BCUT2D eigenvalue weighted by Crippen LogP contribution is 2.76. The molecule has 10 N–H and O–H groups in total. The van der Waals surface area contributed by atoms with Gasteiger partial charge < -0.3 is 79.5 Å². The van der Waals surface area contributed by atoms with Crippen molar-refractivity contribution in [2.45, 2.75) is 205 Å². The summed E-state index contributed by atoms with van der Waals surface area (Å²) in [7, 11) is 0. The number of carbonyl (C=O) groups excluding carboxylic acids is 1. The molecule has 8 rings (SSSR count). The minimum atomic E-state index is -1.92. The Morgan fingerprint density at radius 1 is 0.708 bits per heavy atom.